The third-order valence-electron chi connectivity index (χ3n) is 5.02. The topological polar surface area (TPSA) is 110 Å². The van der Waals surface area contributed by atoms with E-state index in [1.54, 1.807) is 19.2 Å². The van der Waals surface area contributed by atoms with Crippen LogP contribution in [-0.2, 0) is 17.8 Å². The zero-order chi connectivity index (χ0) is 22.1. The highest BCUT2D eigenvalue weighted by Gasteiger charge is 2.24. The van der Waals surface area contributed by atoms with Gasteiger partial charge >= 0.3 is 5.69 Å². The highest BCUT2D eigenvalue weighted by Crippen LogP contribution is 2.20. The van der Waals surface area contributed by atoms with Crippen molar-refractivity contribution < 1.29 is 9.53 Å². The molecule has 0 spiro atoms. The number of hydrogen-bond donors (Lipinski definition) is 2. The van der Waals surface area contributed by atoms with E-state index in [1.165, 1.54) is 9.47 Å². The molecule has 0 fully saturated rings. The van der Waals surface area contributed by atoms with Crippen molar-refractivity contribution in [2.24, 2.45) is 0 Å². The van der Waals surface area contributed by atoms with Crippen molar-refractivity contribution in [3.8, 4) is 5.75 Å². The van der Waals surface area contributed by atoms with Crippen molar-refractivity contribution in [2.75, 3.05) is 24.3 Å². The van der Waals surface area contributed by atoms with E-state index >= 15 is 0 Å². The van der Waals surface area contributed by atoms with Gasteiger partial charge in [0.15, 0.2) is 5.69 Å². The summed E-state index contributed by atoms with van der Waals surface area (Å²) in [6.07, 6.45) is 4.35. The number of methoxy groups -OCH3 is 1. The summed E-state index contributed by atoms with van der Waals surface area (Å²) < 4.78 is 6.50. The van der Waals surface area contributed by atoms with Crippen molar-refractivity contribution in [1.82, 2.24) is 9.55 Å². The SMILES string of the molecule is CCCCCN(C(=O)Cc1ccc(OC)cc1)c1c(N)n(CCCC)c(=O)[nH]c1=O. The van der Waals surface area contributed by atoms with Crippen LogP contribution in [0.4, 0.5) is 11.5 Å². The van der Waals surface area contributed by atoms with Crippen molar-refractivity contribution in [2.45, 2.75) is 58.9 Å². The van der Waals surface area contributed by atoms with Gasteiger partial charge in [0.25, 0.3) is 5.56 Å². The lowest BCUT2D eigenvalue weighted by molar-refractivity contribution is -0.118. The van der Waals surface area contributed by atoms with Crippen LogP contribution in [0.1, 0.15) is 51.5 Å². The molecule has 0 atom stereocenters. The fourth-order valence-corrected chi connectivity index (χ4v) is 3.27. The van der Waals surface area contributed by atoms with Crippen molar-refractivity contribution in [3.63, 3.8) is 0 Å². The summed E-state index contributed by atoms with van der Waals surface area (Å²) in [5.41, 5.74) is 5.91. The van der Waals surface area contributed by atoms with Gasteiger partial charge in [0.1, 0.15) is 11.6 Å². The molecule has 0 aliphatic heterocycles. The smallest absolute Gasteiger partial charge is 0.330 e. The molecule has 0 unspecified atom stereocenters. The predicted octanol–water partition coefficient (Wildman–Crippen LogP) is 2.69. The van der Waals surface area contributed by atoms with Gasteiger partial charge < -0.3 is 15.4 Å². The molecule has 30 heavy (non-hydrogen) atoms. The first kappa shape index (κ1) is 23.3. The van der Waals surface area contributed by atoms with Gasteiger partial charge in [-0.05, 0) is 30.5 Å². The standard InChI is InChI=1S/C22H32N4O4/c1-4-6-8-14-25(18(27)15-16-9-11-17(30-3)12-10-16)19-20(23)26(13-7-5-2)22(29)24-21(19)28/h9-12H,4-8,13-15,23H2,1-3H3,(H,24,28,29). The highest BCUT2D eigenvalue weighted by molar-refractivity contribution is 5.96. The van der Waals surface area contributed by atoms with E-state index < -0.39 is 11.2 Å². The number of ether oxygens (including phenoxy) is 1. The van der Waals surface area contributed by atoms with Crippen LogP contribution in [0.3, 0.4) is 0 Å². The molecule has 1 amide bonds. The van der Waals surface area contributed by atoms with Crippen LogP contribution in [0.15, 0.2) is 33.9 Å². The van der Waals surface area contributed by atoms with E-state index in [9.17, 15) is 14.4 Å². The second-order valence-electron chi connectivity index (χ2n) is 7.28. The van der Waals surface area contributed by atoms with Gasteiger partial charge in [-0.3, -0.25) is 19.1 Å². The van der Waals surface area contributed by atoms with Gasteiger partial charge in [-0.25, -0.2) is 4.79 Å². The number of nitrogen functional groups attached to an aromatic ring is 1. The summed E-state index contributed by atoms with van der Waals surface area (Å²) in [7, 11) is 1.58. The van der Waals surface area contributed by atoms with Gasteiger partial charge in [-0.2, -0.15) is 0 Å². The van der Waals surface area contributed by atoms with Gasteiger partial charge in [-0.1, -0.05) is 45.2 Å². The maximum atomic E-state index is 13.2. The van der Waals surface area contributed by atoms with Crippen molar-refractivity contribution >= 4 is 17.4 Å². The van der Waals surface area contributed by atoms with E-state index in [1.807, 2.05) is 19.1 Å². The molecule has 1 aromatic carbocycles. The Balaban J connectivity index is 2.40. The van der Waals surface area contributed by atoms with Crippen LogP contribution in [0.5, 0.6) is 5.75 Å². The molecule has 2 rings (SSSR count). The number of nitrogens with two attached hydrogens (primary N) is 1. The maximum Gasteiger partial charge on any atom is 0.330 e. The van der Waals surface area contributed by atoms with Crippen LogP contribution in [0.2, 0.25) is 0 Å². The van der Waals surface area contributed by atoms with Gasteiger partial charge in [0.05, 0.1) is 13.5 Å². The number of nitrogens with one attached hydrogen (secondary N) is 1. The molecule has 0 bridgehead atoms. The average molecular weight is 417 g/mol. The van der Waals surface area contributed by atoms with Crippen LogP contribution >= 0.6 is 0 Å². The minimum Gasteiger partial charge on any atom is -0.497 e. The Kier molecular flexibility index (Phi) is 8.70. The normalized spacial score (nSPS) is 10.8. The van der Waals surface area contributed by atoms with E-state index in [0.29, 0.717) is 18.8 Å². The number of unbranched alkanes of at least 4 members (excludes halogenated alkanes) is 3. The molecule has 0 aliphatic rings. The summed E-state index contributed by atoms with van der Waals surface area (Å²) in [5.74, 6) is 0.501. The first-order valence-corrected chi connectivity index (χ1v) is 10.5. The Morgan fingerprint density at radius 3 is 2.37 bits per heavy atom. The fourth-order valence-electron chi connectivity index (χ4n) is 3.27. The molecule has 3 N–H and O–H groups in total. The lowest BCUT2D eigenvalue weighted by Crippen LogP contribution is -2.42. The van der Waals surface area contributed by atoms with E-state index in [0.717, 1.165) is 37.7 Å². The molecule has 8 heteroatoms. The summed E-state index contributed by atoms with van der Waals surface area (Å²) in [6, 6.07) is 7.21. The predicted molar refractivity (Wildman–Crippen MR) is 119 cm³/mol. The largest absolute Gasteiger partial charge is 0.497 e. The zero-order valence-electron chi connectivity index (χ0n) is 18.1. The molecular weight excluding hydrogens is 384 g/mol. The van der Waals surface area contributed by atoms with E-state index in [2.05, 4.69) is 11.9 Å². The van der Waals surface area contributed by atoms with Crippen molar-refractivity contribution in [3.05, 3.63) is 50.7 Å². The van der Waals surface area contributed by atoms with Crippen LogP contribution in [-0.4, -0.2) is 29.1 Å². The number of aromatic nitrogens is 2. The second-order valence-corrected chi connectivity index (χ2v) is 7.28. The van der Waals surface area contributed by atoms with E-state index in [-0.39, 0.29) is 23.8 Å². The molecule has 0 aliphatic carbocycles. The number of nitrogens with zero attached hydrogens (tertiary/aromatic N) is 2. The van der Waals surface area contributed by atoms with Gasteiger partial charge in [0.2, 0.25) is 5.91 Å². The number of anilines is 2. The molecule has 0 saturated carbocycles. The number of carbonyl (C=O) groups is 1. The number of H-pyrrole nitrogens is 1. The van der Waals surface area contributed by atoms with Crippen LogP contribution in [0.25, 0.3) is 0 Å². The minimum absolute atomic E-state index is 0.0387. The molecule has 0 radical (unpaired) electrons. The number of hydrogen-bond acceptors (Lipinski definition) is 5. The molecular formula is C22H32N4O4. The molecule has 1 aromatic heterocycles. The monoisotopic (exact) mass is 416 g/mol. The highest BCUT2D eigenvalue weighted by atomic mass is 16.5. The fraction of sp³-hybridized carbons (Fsp3) is 0.500. The number of carbonyl (C=O) groups excluding carboxylic acids is 1. The number of aromatic amines is 1. The Morgan fingerprint density at radius 2 is 1.77 bits per heavy atom. The lowest BCUT2D eigenvalue weighted by atomic mass is 10.1. The molecule has 8 nitrogen and oxygen atoms in total. The molecule has 1 heterocycles. The molecule has 0 saturated heterocycles. The quantitative estimate of drug-likeness (QED) is 0.547. The Morgan fingerprint density at radius 1 is 1.10 bits per heavy atom. The Hall–Kier alpha value is -3.03. The van der Waals surface area contributed by atoms with Crippen LogP contribution < -0.4 is 26.6 Å². The van der Waals surface area contributed by atoms with Crippen LogP contribution in [0, 0.1) is 0 Å². The average Bonchev–Trinajstić information content (AvgIpc) is 2.73. The first-order chi connectivity index (χ1) is 14.4. The number of amides is 1. The number of rotatable bonds is 11. The maximum absolute atomic E-state index is 13.2. The minimum atomic E-state index is -0.634. The molecule has 2 aromatic rings. The second kappa shape index (κ2) is 11.2. The summed E-state index contributed by atoms with van der Waals surface area (Å²) in [5, 5.41) is 0. The third-order valence-corrected chi connectivity index (χ3v) is 5.02. The first-order valence-electron chi connectivity index (χ1n) is 10.5. The summed E-state index contributed by atoms with van der Waals surface area (Å²) in [4.78, 5) is 41.8. The Labute approximate surface area is 176 Å². The van der Waals surface area contributed by atoms with Gasteiger partial charge in [0, 0.05) is 13.1 Å². The lowest BCUT2D eigenvalue weighted by Gasteiger charge is -2.24. The summed E-state index contributed by atoms with van der Waals surface area (Å²) >= 11 is 0. The Bertz CT molecular complexity index is 947. The van der Waals surface area contributed by atoms with E-state index in [4.69, 9.17) is 10.5 Å². The zero-order valence-corrected chi connectivity index (χ0v) is 18.1. The molecule has 164 valence electrons. The third kappa shape index (κ3) is 5.75. The number of benzene rings is 1. The van der Waals surface area contributed by atoms with Crippen molar-refractivity contribution in [1.29, 1.82) is 0 Å². The van der Waals surface area contributed by atoms with Gasteiger partial charge in [-0.15, -0.1) is 0 Å². The summed E-state index contributed by atoms with van der Waals surface area (Å²) in [6.45, 7) is 4.82.